The molecule has 102 valence electrons. The first-order valence-corrected chi connectivity index (χ1v) is 7.64. The zero-order chi connectivity index (χ0) is 12.7. The molecule has 2 heteroatoms. The van der Waals surface area contributed by atoms with Gasteiger partial charge in [0.1, 0.15) is 0 Å². The molecule has 1 aliphatic rings. The molecule has 0 saturated carbocycles. The molecule has 1 N–H and O–H groups in total. The minimum Gasteiger partial charge on any atom is -0.313 e. The predicted molar refractivity (Wildman–Crippen MR) is 76.4 cm³/mol. The van der Waals surface area contributed by atoms with E-state index in [1.165, 1.54) is 51.7 Å². The van der Waals surface area contributed by atoms with E-state index < -0.39 is 0 Å². The second-order valence-corrected chi connectivity index (χ2v) is 5.94. The summed E-state index contributed by atoms with van der Waals surface area (Å²) in [6.07, 6.45) is 6.80. The maximum Gasteiger partial charge on any atom is 0.0198 e. The third-order valence-corrected chi connectivity index (χ3v) is 3.94. The van der Waals surface area contributed by atoms with Gasteiger partial charge in [0.05, 0.1) is 0 Å². The minimum absolute atomic E-state index is 0.699. The Hall–Kier alpha value is -0.0800. The van der Waals surface area contributed by atoms with Crippen LogP contribution >= 0.6 is 0 Å². The fourth-order valence-electron chi connectivity index (χ4n) is 2.86. The van der Waals surface area contributed by atoms with Crippen LogP contribution in [0.15, 0.2) is 0 Å². The molecule has 2 nitrogen and oxygen atoms in total. The molecule has 1 heterocycles. The average molecular weight is 240 g/mol. The van der Waals surface area contributed by atoms with Crippen LogP contribution in [0.2, 0.25) is 0 Å². The van der Waals surface area contributed by atoms with E-state index in [1.807, 2.05) is 0 Å². The SMILES string of the molecule is CCCCC1CC(NCCC)CN(C(C)C)C1. The molecule has 0 aliphatic carbocycles. The number of rotatable bonds is 7. The Labute approximate surface area is 108 Å². The van der Waals surface area contributed by atoms with Gasteiger partial charge in [-0.3, -0.25) is 4.90 Å². The van der Waals surface area contributed by atoms with Gasteiger partial charge >= 0.3 is 0 Å². The highest BCUT2D eigenvalue weighted by Crippen LogP contribution is 2.23. The first-order valence-electron chi connectivity index (χ1n) is 7.64. The number of hydrogen-bond donors (Lipinski definition) is 1. The lowest BCUT2D eigenvalue weighted by Gasteiger charge is -2.40. The van der Waals surface area contributed by atoms with Crippen molar-refractivity contribution < 1.29 is 0 Å². The Bertz CT molecular complexity index is 175. The predicted octanol–water partition coefficient (Wildman–Crippen LogP) is 3.28. The lowest BCUT2D eigenvalue weighted by atomic mass is 9.89. The van der Waals surface area contributed by atoms with E-state index >= 15 is 0 Å². The lowest BCUT2D eigenvalue weighted by molar-refractivity contribution is 0.106. The molecule has 17 heavy (non-hydrogen) atoms. The Balaban J connectivity index is 2.43. The second kappa shape index (κ2) is 8.10. The van der Waals surface area contributed by atoms with Gasteiger partial charge in [-0.1, -0.05) is 26.7 Å². The number of unbranched alkanes of at least 4 members (excludes halogenated alkanes) is 1. The molecule has 0 spiro atoms. The van der Waals surface area contributed by atoms with Gasteiger partial charge in [-0.15, -0.1) is 0 Å². The molecule has 1 rings (SSSR count). The fourth-order valence-corrected chi connectivity index (χ4v) is 2.86. The summed E-state index contributed by atoms with van der Waals surface area (Å²) in [4.78, 5) is 2.66. The van der Waals surface area contributed by atoms with Crippen molar-refractivity contribution in [3.63, 3.8) is 0 Å². The Morgan fingerprint density at radius 2 is 1.94 bits per heavy atom. The van der Waals surface area contributed by atoms with Gasteiger partial charge in [-0.25, -0.2) is 0 Å². The fraction of sp³-hybridized carbons (Fsp3) is 1.00. The van der Waals surface area contributed by atoms with Gasteiger partial charge in [0.15, 0.2) is 0 Å². The third kappa shape index (κ3) is 5.39. The van der Waals surface area contributed by atoms with Crippen LogP contribution in [-0.2, 0) is 0 Å². The summed E-state index contributed by atoms with van der Waals surface area (Å²) >= 11 is 0. The molecule has 1 saturated heterocycles. The quantitative estimate of drug-likeness (QED) is 0.735. The summed E-state index contributed by atoms with van der Waals surface area (Å²) < 4.78 is 0. The van der Waals surface area contributed by atoms with Crippen LogP contribution < -0.4 is 5.32 Å². The summed E-state index contributed by atoms with van der Waals surface area (Å²) in [7, 11) is 0. The monoisotopic (exact) mass is 240 g/mol. The molecule has 0 radical (unpaired) electrons. The van der Waals surface area contributed by atoms with Crippen LogP contribution in [0, 0.1) is 5.92 Å². The second-order valence-electron chi connectivity index (χ2n) is 5.94. The smallest absolute Gasteiger partial charge is 0.0198 e. The van der Waals surface area contributed by atoms with E-state index in [1.54, 1.807) is 0 Å². The molecular formula is C15H32N2. The molecule has 2 atom stereocenters. The first-order chi connectivity index (χ1) is 8.17. The molecule has 1 aliphatic heterocycles. The van der Waals surface area contributed by atoms with Crippen LogP contribution in [0.5, 0.6) is 0 Å². The van der Waals surface area contributed by atoms with E-state index in [9.17, 15) is 0 Å². The Morgan fingerprint density at radius 3 is 2.53 bits per heavy atom. The van der Waals surface area contributed by atoms with Gasteiger partial charge in [-0.05, 0) is 45.6 Å². The highest BCUT2D eigenvalue weighted by atomic mass is 15.2. The molecule has 0 aromatic rings. The van der Waals surface area contributed by atoms with Crippen molar-refractivity contribution in [1.82, 2.24) is 10.2 Å². The van der Waals surface area contributed by atoms with Crippen LogP contribution in [-0.4, -0.2) is 36.6 Å². The Morgan fingerprint density at radius 1 is 1.18 bits per heavy atom. The zero-order valence-electron chi connectivity index (χ0n) is 12.3. The van der Waals surface area contributed by atoms with Crippen molar-refractivity contribution in [2.45, 2.75) is 71.9 Å². The first kappa shape index (κ1) is 15.0. The van der Waals surface area contributed by atoms with Crippen molar-refractivity contribution in [2.75, 3.05) is 19.6 Å². The standard InChI is InChI=1S/C15H32N2/c1-5-7-8-14-10-15(16-9-6-2)12-17(11-14)13(3)4/h13-16H,5-12H2,1-4H3. The van der Waals surface area contributed by atoms with Crippen LogP contribution in [0.3, 0.4) is 0 Å². The molecule has 0 bridgehead atoms. The Kier molecular flexibility index (Phi) is 7.14. The molecule has 0 aromatic heterocycles. The van der Waals surface area contributed by atoms with Crippen molar-refractivity contribution in [3.05, 3.63) is 0 Å². The average Bonchev–Trinajstić information content (AvgIpc) is 2.33. The van der Waals surface area contributed by atoms with E-state index in [-0.39, 0.29) is 0 Å². The number of nitrogens with one attached hydrogen (secondary N) is 1. The maximum atomic E-state index is 3.72. The number of nitrogens with zero attached hydrogens (tertiary/aromatic N) is 1. The summed E-state index contributed by atoms with van der Waals surface area (Å²) in [6, 6.07) is 1.43. The van der Waals surface area contributed by atoms with Crippen molar-refractivity contribution in [2.24, 2.45) is 5.92 Å². The molecular weight excluding hydrogens is 208 g/mol. The topological polar surface area (TPSA) is 15.3 Å². The lowest BCUT2D eigenvalue weighted by Crippen LogP contribution is -2.51. The minimum atomic E-state index is 0.699. The summed E-state index contributed by atoms with van der Waals surface area (Å²) in [5.41, 5.74) is 0. The highest BCUT2D eigenvalue weighted by Gasteiger charge is 2.27. The summed E-state index contributed by atoms with van der Waals surface area (Å²) in [5.74, 6) is 0.917. The van der Waals surface area contributed by atoms with E-state index in [4.69, 9.17) is 0 Å². The molecule has 0 aromatic carbocycles. The van der Waals surface area contributed by atoms with Crippen molar-refractivity contribution >= 4 is 0 Å². The van der Waals surface area contributed by atoms with Gasteiger partial charge in [0, 0.05) is 25.2 Å². The number of piperidine rings is 1. The van der Waals surface area contributed by atoms with E-state index in [2.05, 4.69) is 37.9 Å². The largest absolute Gasteiger partial charge is 0.313 e. The maximum absolute atomic E-state index is 3.72. The van der Waals surface area contributed by atoms with Gasteiger partial charge < -0.3 is 5.32 Å². The van der Waals surface area contributed by atoms with E-state index in [0.717, 1.165) is 12.0 Å². The van der Waals surface area contributed by atoms with Crippen LogP contribution in [0.4, 0.5) is 0 Å². The normalized spacial score (nSPS) is 26.6. The molecule has 2 unspecified atom stereocenters. The molecule has 1 fully saturated rings. The van der Waals surface area contributed by atoms with Crippen LogP contribution in [0.1, 0.15) is 59.8 Å². The highest BCUT2D eigenvalue weighted by molar-refractivity contribution is 4.84. The molecule has 0 amide bonds. The van der Waals surface area contributed by atoms with Crippen LogP contribution in [0.25, 0.3) is 0 Å². The van der Waals surface area contributed by atoms with Gasteiger partial charge in [0.25, 0.3) is 0 Å². The van der Waals surface area contributed by atoms with Gasteiger partial charge in [-0.2, -0.15) is 0 Å². The summed E-state index contributed by atoms with van der Waals surface area (Å²) in [6.45, 7) is 13.0. The number of likely N-dealkylation sites (tertiary alicyclic amines) is 1. The zero-order valence-corrected chi connectivity index (χ0v) is 12.3. The summed E-state index contributed by atoms with van der Waals surface area (Å²) in [5, 5.41) is 3.72. The number of hydrogen-bond acceptors (Lipinski definition) is 2. The van der Waals surface area contributed by atoms with E-state index in [0.29, 0.717) is 6.04 Å². The van der Waals surface area contributed by atoms with Crippen molar-refractivity contribution in [1.29, 1.82) is 0 Å². The third-order valence-electron chi connectivity index (χ3n) is 3.94. The van der Waals surface area contributed by atoms with Crippen molar-refractivity contribution in [3.8, 4) is 0 Å². The van der Waals surface area contributed by atoms with Gasteiger partial charge in [0.2, 0.25) is 0 Å².